The Morgan fingerprint density at radius 2 is 1.45 bits per heavy atom. The third-order valence-corrected chi connectivity index (χ3v) is 9.01. The van der Waals surface area contributed by atoms with E-state index < -0.39 is 10.0 Å². The average molecular weight is 574 g/mol. The lowest BCUT2D eigenvalue weighted by atomic mass is 10.1. The van der Waals surface area contributed by atoms with Crippen LogP contribution in [-0.2, 0) is 10.0 Å². The Labute approximate surface area is 235 Å². The van der Waals surface area contributed by atoms with Gasteiger partial charge < -0.3 is 10.2 Å². The van der Waals surface area contributed by atoms with Gasteiger partial charge >= 0.3 is 0 Å². The number of rotatable bonds is 13. The number of sulfonamides is 1. The topological polar surface area (TPSA) is 78.5 Å². The van der Waals surface area contributed by atoms with Crippen molar-refractivity contribution in [1.29, 1.82) is 0 Å². The Kier molecular flexibility index (Phi) is 11.0. The number of fused-ring (bicyclic) bond motifs is 2. The minimum absolute atomic E-state index is 0. The molecule has 0 saturated heterocycles. The van der Waals surface area contributed by atoms with Crippen molar-refractivity contribution in [2.24, 2.45) is 0 Å². The predicted octanol–water partition coefficient (Wildman–Crippen LogP) is 6.95. The maximum absolute atomic E-state index is 13.7. The summed E-state index contributed by atoms with van der Waals surface area (Å²) in [6.07, 6.45) is 4.66. The van der Waals surface area contributed by atoms with E-state index in [2.05, 4.69) is 28.8 Å². The molecule has 0 unspecified atom stereocenters. The van der Waals surface area contributed by atoms with Gasteiger partial charge in [-0.15, -0.1) is 23.7 Å². The molecule has 1 aromatic heterocycles. The normalized spacial score (nSPS) is 11.6. The van der Waals surface area contributed by atoms with Crippen LogP contribution in [0.25, 0.3) is 20.2 Å². The second-order valence-corrected chi connectivity index (χ2v) is 11.9. The van der Waals surface area contributed by atoms with Crippen molar-refractivity contribution in [2.75, 3.05) is 36.2 Å². The Hall–Kier alpha value is -2.65. The Morgan fingerprint density at radius 3 is 2.13 bits per heavy atom. The SMILES string of the molecule is CCCCN(CCCC)CCNc1ccc(NS(=O)(=O)c2ccccc2)c2sc3ccccc3c(=O)c12.Cl. The van der Waals surface area contributed by atoms with Gasteiger partial charge in [0.1, 0.15) is 0 Å². The molecular formula is C29H36ClN3O3S2. The fraction of sp³-hybridized carbons (Fsp3) is 0.345. The van der Waals surface area contributed by atoms with Crippen molar-refractivity contribution in [3.8, 4) is 0 Å². The molecule has 4 aromatic rings. The van der Waals surface area contributed by atoms with Crippen molar-refractivity contribution in [2.45, 2.75) is 44.4 Å². The maximum Gasteiger partial charge on any atom is 0.261 e. The third kappa shape index (κ3) is 7.05. The molecule has 3 aromatic carbocycles. The molecule has 0 atom stereocenters. The Morgan fingerprint density at radius 1 is 0.816 bits per heavy atom. The van der Waals surface area contributed by atoms with Crippen LogP contribution in [0.1, 0.15) is 39.5 Å². The standard InChI is InChI=1S/C29H35N3O3S2.ClH/c1-3-5-19-32(20-6-4-2)21-18-30-24-16-17-25(31-37(34,35)22-12-8-7-9-13-22)29-27(24)28(33)23-14-10-11-15-26(23)36-29;/h7-17,30-31H,3-6,18-21H2,1-2H3;1H. The fourth-order valence-corrected chi connectivity index (χ4v) is 6.71. The zero-order chi connectivity index (χ0) is 26.3. The molecule has 2 N–H and O–H groups in total. The minimum atomic E-state index is -3.80. The average Bonchev–Trinajstić information content (AvgIpc) is 2.91. The van der Waals surface area contributed by atoms with E-state index >= 15 is 0 Å². The third-order valence-electron chi connectivity index (χ3n) is 6.43. The maximum atomic E-state index is 13.7. The summed E-state index contributed by atoms with van der Waals surface area (Å²) in [6, 6.07) is 19.3. The summed E-state index contributed by atoms with van der Waals surface area (Å²) in [7, 11) is -3.80. The van der Waals surface area contributed by atoms with E-state index in [0.29, 0.717) is 27.7 Å². The van der Waals surface area contributed by atoms with E-state index in [1.165, 1.54) is 24.2 Å². The van der Waals surface area contributed by atoms with Gasteiger partial charge in [-0.3, -0.25) is 9.52 Å². The highest BCUT2D eigenvalue weighted by Crippen LogP contribution is 2.35. The Bertz CT molecular complexity index is 1500. The van der Waals surface area contributed by atoms with Crippen molar-refractivity contribution in [3.05, 3.63) is 77.0 Å². The van der Waals surface area contributed by atoms with Crippen LogP contribution in [0.2, 0.25) is 0 Å². The van der Waals surface area contributed by atoms with E-state index in [0.717, 1.165) is 42.9 Å². The van der Waals surface area contributed by atoms with Gasteiger partial charge in [0.05, 0.1) is 20.7 Å². The van der Waals surface area contributed by atoms with E-state index in [1.54, 1.807) is 36.4 Å². The highest BCUT2D eigenvalue weighted by molar-refractivity contribution is 7.92. The fourth-order valence-electron chi connectivity index (χ4n) is 4.38. The number of hydrogen-bond donors (Lipinski definition) is 2. The number of benzene rings is 3. The van der Waals surface area contributed by atoms with Gasteiger partial charge in [0.2, 0.25) is 0 Å². The molecule has 0 aliphatic carbocycles. The number of halogens is 1. The highest BCUT2D eigenvalue weighted by Gasteiger charge is 2.19. The molecule has 9 heteroatoms. The van der Waals surface area contributed by atoms with Crippen molar-refractivity contribution >= 4 is 65.3 Å². The van der Waals surface area contributed by atoms with E-state index in [9.17, 15) is 13.2 Å². The van der Waals surface area contributed by atoms with Gasteiger partial charge in [-0.05, 0) is 62.3 Å². The highest BCUT2D eigenvalue weighted by atomic mass is 35.5. The molecule has 1 heterocycles. The van der Waals surface area contributed by atoms with Crippen LogP contribution in [0.15, 0.2) is 76.4 Å². The molecule has 0 aliphatic rings. The minimum Gasteiger partial charge on any atom is -0.383 e. The van der Waals surface area contributed by atoms with Crippen molar-refractivity contribution < 1.29 is 8.42 Å². The zero-order valence-corrected chi connectivity index (χ0v) is 24.4. The summed E-state index contributed by atoms with van der Waals surface area (Å²) in [6.45, 7) is 8.13. The molecule has 4 rings (SSSR count). The molecule has 204 valence electrons. The predicted molar refractivity (Wildman–Crippen MR) is 165 cm³/mol. The summed E-state index contributed by atoms with van der Waals surface area (Å²) < 4.78 is 30.4. The largest absolute Gasteiger partial charge is 0.383 e. The first-order valence-corrected chi connectivity index (χ1v) is 15.3. The molecule has 0 bridgehead atoms. The van der Waals surface area contributed by atoms with Gasteiger partial charge in [0.25, 0.3) is 10.0 Å². The van der Waals surface area contributed by atoms with Crippen LogP contribution in [0.5, 0.6) is 0 Å². The Balaban J connectivity index is 0.00000400. The molecule has 0 fully saturated rings. The van der Waals surface area contributed by atoms with Crippen molar-refractivity contribution in [3.63, 3.8) is 0 Å². The van der Waals surface area contributed by atoms with Crippen LogP contribution >= 0.6 is 23.7 Å². The van der Waals surface area contributed by atoms with Crippen LogP contribution in [-0.4, -0.2) is 39.5 Å². The smallest absolute Gasteiger partial charge is 0.261 e. The zero-order valence-electron chi connectivity index (χ0n) is 21.9. The number of nitrogens with one attached hydrogen (secondary N) is 2. The van der Waals surface area contributed by atoms with Crippen LogP contribution in [0.4, 0.5) is 11.4 Å². The molecular weight excluding hydrogens is 538 g/mol. The van der Waals surface area contributed by atoms with Gasteiger partial charge in [0.15, 0.2) is 5.43 Å². The van der Waals surface area contributed by atoms with Crippen LogP contribution < -0.4 is 15.5 Å². The van der Waals surface area contributed by atoms with E-state index in [-0.39, 0.29) is 22.7 Å². The molecule has 0 saturated carbocycles. The van der Waals surface area contributed by atoms with Gasteiger partial charge in [-0.2, -0.15) is 0 Å². The second kappa shape index (κ2) is 13.9. The first kappa shape index (κ1) is 29.9. The first-order chi connectivity index (χ1) is 17.9. The van der Waals surface area contributed by atoms with Crippen LogP contribution in [0.3, 0.4) is 0 Å². The molecule has 6 nitrogen and oxygen atoms in total. The quantitative estimate of drug-likeness (QED) is 0.169. The van der Waals surface area contributed by atoms with Crippen LogP contribution in [0, 0.1) is 0 Å². The lowest BCUT2D eigenvalue weighted by molar-refractivity contribution is 0.275. The second-order valence-electron chi connectivity index (χ2n) is 9.19. The number of nitrogens with zero attached hydrogens (tertiary/aromatic N) is 1. The summed E-state index contributed by atoms with van der Waals surface area (Å²) >= 11 is 1.43. The summed E-state index contributed by atoms with van der Waals surface area (Å²) in [5.74, 6) is 0. The summed E-state index contributed by atoms with van der Waals surface area (Å²) in [4.78, 5) is 16.3. The molecule has 0 spiro atoms. The molecule has 0 aliphatic heterocycles. The van der Waals surface area contributed by atoms with Gasteiger partial charge in [0, 0.05) is 28.9 Å². The lowest BCUT2D eigenvalue weighted by Crippen LogP contribution is -2.31. The summed E-state index contributed by atoms with van der Waals surface area (Å²) in [5.41, 5.74) is 1.04. The van der Waals surface area contributed by atoms with E-state index in [4.69, 9.17) is 0 Å². The molecule has 38 heavy (non-hydrogen) atoms. The van der Waals surface area contributed by atoms with E-state index in [1.807, 2.05) is 30.3 Å². The number of anilines is 2. The molecule has 0 radical (unpaired) electrons. The monoisotopic (exact) mass is 573 g/mol. The number of hydrogen-bond acceptors (Lipinski definition) is 6. The lowest BCUT2D eigenvalue weighted by Gasteiger charge is -2.22. The van der Waals surface area contributed by atoms with Gasteiger partial charge in [-0.1, -0.05) is 57.0 Å². The number of unbranched alkanes of at least 4 members (excludes halogenated alkanes) is 2. The molecule has 0 amide bonds. The summed E-state index contributed by atoms with van der Waals surface area (Å²) in [5, 5.41) is 4.64. The van der Waals surface area contributed by atoms with Gasteiger partial charge in [-0.25, -0.2) is 8.42 Å². The van der Waals surface area contributed by atoms with Crippen molar-refractivity contribution in [1.82, 2.24) is 4.90 Å². The first-order valence-electron chi connectivity index (χ1n) is 13.0.